The van der Waals surface area contributed by atoms with Gasteiger partial charge in [0.2, 0.25) is 0 Å². The van der Waals surface area contributed by atoms with Crippen molar-refractivity contribution < 1.29 is 4.79 Å². The van der Waals surface area contributed by atoms with E-state index in [4.69, 9.17) is 0 Å². The summed E-state index contributed by atoms with van der Waals surface area (Å²) < 4.78 is 2.23. The summed E-state index contributed by atoms with van der Waals surface area (Å²) in [6.45, 7) is 4.96. The average molecular weight is 360 g/mol. The second kappa shape index (κ2) is 7.35. The molecule has 0 bridgehead atoms. The van der Waals surface area contributed by atoms with Gasteiger partial charge >= 0.3 is 0 Å². The Balaban J connectivity index is 1.53. The fourth-order valence-corrected chi connectivity index (χ4v) is 3.67. The van der Waals surface area contributed by atoms with Crippen LogP contribution in [-0.4, -0.2) is 20.7 Å². The number of amides is 1. The number of nitrogens with one attached hydrogen (secondary N) is 1. The van der Waals surface area contributed by atoms with E-state index in [0.29, 0.717) is 5.56 Å². The predicted molar refractivity (Wildman–Crippen MR) is 107 cm³/mol. The van der Waals surface area contributed by atoms with E-state index in [-0.39, 0.29) is 5.91 Å². The van der Waals surface area contributed by atoms with Crippen LogP contribution >= 0.6 is 0 Å². The lowest BCUT2D eigenvalue weighted by Crippen LogP contribution is -2.13. The van der Waals surface area contributed by atoms with Crippen molar-refractivity contribution in [1.82, 2.24) is 14.8 Å². The Morgan fingerprint density at radius 2 is 1.81 bits per heavy atom. The number of carbonyl (C=O) groups is 1. The molecule has 1 aliphatic heterocycles. The molecule has 0 unspecified atom stereocenters. The van der Waals surface area contributed by atoms with Gasteiger partial charge in [-0.25, -0.2) is 0 Å². The molecule has 5 nitrogen and oxygen atoms in total. The number of fused-ring (bicyclic) bond motifs is 1. The fraction of sp³-hybridized carbons (Fsp3) is 0.318. The topological polar surface area (TPSA) is 59.8 Å². The number of nitrogens with zero attached hydrogens (tertiary/aromatic N) is 3. The van der Waals surface area contributed by atoms with Crippen molar-refractivity contribution in [2.24, 2.45) is 0 Å². The van der Waals surface area contributed by atoms with E-state index >= 15 is 0 Å². The summed E-state index contributed by atoms with van der Waals surface area (Å²) in [4.78, 5) is 12.6. The number of anilines is 1. The van der Waals surface area contributed by atoms with E-state index in [9.17, 15) is 4.79 Å². The predicted octanol–water partition coefficient (Wildman–Crippen LogP) is 4.54. The van der Waals surface area contributed by atoms with Crippen LogP contribution in [-0.2, 0) is 13.0 Å². The first kappa shape index (κ1) is 17.5. The van der Waals surface area contributed by atoms with Gasteiger partial charge in [-0.15, -0.1) is 10.2 Å². The van der Waals surface area contributed by atoms with Crippen molar-refractivity contribution in [3.63, 3.8) is 0 Å². The van der Waals surface area contributed by atoms with Crippen LogP contribution in [0.1, 0.15) is 46.6 Å². The van der Waals surface area contributed by atoms with Gasteiger partial charge in [0.05, 0.1) is 0 Å². The summed E-state index contributed by atoms with van der Waals surface area (Å²) in [5, 5.41) is 11.7. The molecule has 0 radical (unpaired) electrons. The molecule has 138 valence electrons. The van der Waals surface area contributed by atoms with E-state index in [1.54, 1.807) is 0 Å². The SMILES string of the molecule is Cc1ccc(C(=O)Nc2ccc(-c3nnc4n3CCCCC4)cc2)c(C)c1. The minimum atomic E-state index is -0.0865. The van der Waals surface area contributed by atoms with E-state index in [1.165, 1.54) is 19.3 Å². The summed E-state index contributed by atoms with van der Waals surface area (Å²) in [7, 11) is 0. The molecule has 1 aliphatic rings. The molecular weight excluding hydrogens is 336 g/mol. The number of hydrogen-bond acceptors (Lipinski definition) is 3. The standard InChI is InChI=1S/C22H24N4O/c1-15-7-12-19(16(2)14-15)22(27)23-18-10-8-17(9-11-18)21-25-24-20-6-4-3-5-13-26(20)21/h7-12,14H,3-6,13H2,1-2H3,(H,23,27). The molecule has 0 saturated heterocycles. The van der Waals surface area contributed by atoms with Crippen molar-refractivity contribution in [3.05, 3.63) is 65.0 Å². The highest BCUT2D eigenvalue weighted by Crippen LogP contribution is 2.24. The van der Waals surface area contributed by atoms with Crippen LogP contribution in [0.4, 0.5) is 5.69 Å². The zero-order chi connectivity index (χ0) is 18.8. The van der Waals surface area contributed by atoms with Gasteiger partial charge < -0.3 is 9.88 Å². The maximum atomic E-state index is 12.6. The summed E-state index contributed by atoms with van der Waals surface area (Å²) >= 11 is 0. The quantitative estimate of drug-likeness (QED) is 0.746. The Labute approximate surface area is 159 Å². The molecule has 0 saturated carbocycles. The van der Waals surface area contributed by atoms with E-state index in [2.05, 4.69) is 20.1 Å². The van der Waals surface area contributed by atoms with Gasteiger partial charge in [0.15, 0.2) is 5.82 Å². The molecule has 1 amide bonds. The van der Waals surface area contributed by atoms with Gasteiger partial charge in [-0.05, 0) is 62.6 Å². The van der Waals surface area contributed by atoms with E-state index in [0.717, 1.165) is 47.0 Å². The zero-order valence-corrected chi connectivity index (χ0v) is 15.8. The number of aryl methyl sites for hydroxylation is 3. The third kappa shape index (κ3) is 3.63. The van der Waals surface area contributed by atoms with Crippen LogP contribution in [0.5, 0.6) is 0 Å². The summed E-state index contributed by atoms with van der Waals surface area (Å²) in [6.07, 6.45) is 4.59. The van der Waals surface area contributed by atoms with Crippen LogP contribution in [0.15, 0.2) is 42.5 Å². The van der Waals surface area contributed by atoms with Crippen molar-refractivity contribution >= 4 is 11.6 Å². The number of rotatable bonds is 3. The van der Waals surface area contributed by atoms with Crippen LogP contribution < -0.4 is 5.32 Å². The maximum Gasteiger partial charge on any atom is 0.255 e. The van der Waals surface area contributed by atoms with Gasteiger partial charge in [-0.2, -0.15) is 0 Å². The molecule has 5 heteroatoms. The summed E-state index contributed by atoms with van der Waals surface area (Å²) in [6, 6.07) is 13.7. The molecule has 1 aromatic heterocycles. The molecule has 0 atom stereocenters. The molecule has 3 aromatic rings. The van der Waals surface area contributed by atoms with Gasteiger partial charge in [-0.3, -0.25) is 4.79 Å². The molecule has 0 spiro atoms. The van der Waals surface area contributed by atoms with Gasteiger partial charge in [-0.1, -0.05) is 24.1 Å². The molecule has 2 aromatic carbocycles. The average Bonchev–Trinajstić information content (AvgIpc) is 2.90. The Bertz CT molecular complexity index is 972. The molecule has 1 N–H and O–H groups in total. The van der Waals surface area contributed by atoms with Crippen LogP contribution in [0, 0.1) is 13.8 Å². The Kier molecular flexibility index (Phi) is 4.75. The van der Waals surface area contributed by atoms with Gasteiger partial charge in [0.1, 0.15) is 5.82 Å². The molecule has 4 rings (SSSR count). The Morgan fingerprint density at radius 1 is 1.00 bits per heavy atom. The first-order valence-corrected chi connectivity index (χ1v) is 9.53. The minimum Gasteiger partial charge on any atom is -0.322 e. The highest BCUT2D eigenvalue weighted by Gasteiger charge is 2.16. The lowest BCUT2D eigenvalue weighted by Gasteiger charge is -2.10. The number of benzene rings is 2. The second-order valence-electron chi connectivity index (χ2n) is 7.25. The molecule has 0 fully saturated rings. The van der Waals surface area contributed by atoms with Gasteiger partial charge in [0, 0.05) is 29.8 Å². The van der Waals surface area contributed by atoms with Gasteiger partial charge in [0.25, 0.3) is 5.91 Å². The minimum absolute atomic E-state index is 0.0865. The highest BCUT2D eigenvalue weighted by atomic mass is 16.1. The molecule has 27 heavy (non-hydrogen) atoms. The second-order valence-corrected chi connectivity index (χ2v) is 7.25. The largest absolute Gasteiger partial charge is 0.322 e. The maximum absolute atomic E-state index is 12.6. The van der Waals surface area contributed by atoms with Crippen molar-refractivity contribution in [3.8, 4) is 11.4 Å². The first-order chi connectivity index (χ1) is 13.1. The molecule has 0 aliphatic carbocycles. The molecule has 2 heterocycles. The van der Waals surface area contributed by atoms with Crippen molar-refractivity contribution in [2.75, 3.05) is 5.32 Å². The Morgan fingerprint density at radius 3 is 2.59 bits per heavy atom. The van der Waals surface area contributed by atoms with Crippen molar-refractivity contribution in [2.45, 2.75) is 46.1 Å². The number of carbonyl (C=O) groups excluding carboxylic acids is 1. The smallest absolute Gasteiger partial charge is 0.255 e. The molecular formula is C22H24N4O. The Hall–Kier alpha value is -2.95. The third-order valence-electron chi connectivity index (χ3n) is 5.14. The number of aromatic nitrogens is 3. The van der Waals surface area contributed by atoms with Crippen LogP contribution in [0.25, 0.3) is 11.4 Å². The van der Waals surface area contributed by atoms with Crippen molar-refractivity contribution in [1.29, 1.82) is 0 Å². The van der Waals surface area contributed by atoms with Crippen LogP contribution in [0.3, 0.4) is 0 Å². The monoisotopic (exact) mass is 360 g/mol. The normalized spacial score (nSPS) is 13.7. The first-order valence-electron chi connectivity index (χ1n) is 9.53. The summed E-state index contributed by atoms with van der Waals surface area (Å²) in [5.74, 6) is 1.91. The number of hydrogen-bond donors (Lipinski definition) is 1. The summed E-state index contributed by atoms with van der Waals surface area (Å²) in [5.41, 5.74) is 4.64. The van der Waals surface area contributed by atoms with Crippen LogP contribution in [0.2, 0.25) is 0 Å². The fourth-order valence-electron chi connectivity index (χ4n) is 3.67. The lowest BCUT2D eigenvalue weighted by molar-refractivity contribution is 0.102. The van der Waals surface area contributed by atoms with E-state index < -0.39 is 0 Å². The zero-order valence-electron chi connectivity index (χ0n) is 15.8. The third-order valence-corrected chi connectivity index (χ3v) is 5.14. The van der Waals surface area contributed by atoms with E-state index in [1.807, 2.05) is 56.3 Å². The lowest BCUT2D eigenvalue weighted by atomic mass is 10.1. The highest BCUT2D eigenvalue weighted by molar-refractivity contribution is 6.05.